The molecule has 2 heterocycles. The number of nitrogens with zero attached hydrogens (tertiary/aromatic N) is 1. The van der Waals surface area contributed by atoms with Crippen molar-refractivity contribution in [3.05, 3.63) is 60.2 Å². The molecule has 0 saturated carbocycles. The summed E-state index contributed by atoms with van der Waals surface area (Å²) < 4.78 is 5.16. The van der Waals surface area contributed by atoms with Gasteiger partial charge in [0.05, 0.1) is 13.2 Å². The molecule has 3 atom stereocenters. The molecule has 0 aromatic heterocycles. The summed E-state index contributed by atoms with van der Waals surface area (Å²) in [5.41, 5.74) is 1.94. The van der Waals surface area contributed by atoms with Crippen LogP contribution in [0.2, 0.25) is 0 Å². The molecule has 2 amide bonds. The Morgan fingerprint density at radius 3 is 2.68 bits per heavy atom. The van der Waals surface area contributed by atoms with Crippen LogP contribution in [0.25, 0.3) is 0 Å². The van der Waals surface area contributed by atoms with Crippen LogP contribution in [0, 0.1) is 0 Å². The van der Waals surface area contributed by atoms with E-state index in [9.17, 15) is 9.59 Å². The van der Waals surface area contributed by atoms with Crippen molar-refractivity contribution in [1.29, 1.82) is 0 Å². The van der Waals surface area contributed by atoms with E-state index in [1.165, 1.54) is 0 Å². The summed E-state index contributed by atoms with van der Waals surface area (Å²) in [4.78, 5) is 27.1. The van der Waals surface area contributed by atoms with Gasteiger partial charge in [-0.15, -0.1) is 0 Å². The van der Waals surface area contributed by atoms with Crippen LogP contribution in [0.1, 0.15) is 24.8 Å². The molecule has 2 aromatic carbocycles. The van der Waals surface area contributed by atoms with Crippen molar-refractivity contribution >= 4 is 34.8 Å². The second-order valence-corrected chi connectivity index (χ2v) is 9.08. The highest BCUT2D eigenvalue weighted by molar-refractivity contribution is 7.80. The lowest BCUT2D eigenvalue weighted by atomic mass is 10.0. The van der Waals surface area contributed by atoms with E-state index in [-0.39, 0.29) is 29.9 Å². The summed E-state index contributed by atoms with van der Waals surface area (Å²) in [5.74, 6) is 0.844. The number of carbonyl (C=O) groups excluding carboxylic acids is 2. The molecule has 8 nitrogen and oxygen atoms in total. The van der Waals surface area contributed by atoms with Gasteiger partial charge in [0.25, 0.3) is 0 Å². The van der Waals surface area contributed by atoms with Gasteiger partial charge in [0.1, 0.15) is 5.75 Å². The van der Waals surface area contributed by atoms with E-state index in [0.29, 0.717) is 44.0 Å². The minimum absolute atomic E-state index is 0.00591. The van der Waals surface area contributed by atoms with Crippen molar-refractivity contribution < 1.29 is 14.3 Å². The number of amides is 2. The number of thiocarbonyl (C=S) groups is 1. The van der Waals surface area contributed by atoms with Crippen molar-refractivity contribution in [2.45, 2.75) is 43.9 Å². The Bertz CT molecular complexity index is 1000. The second-order valence-electron chi connectivity index (χ2n) is 8.67. The molecule has 2 saturated heterocycles. The number of para-hydroxylation sites is 1. The number of benzene rings is 2. The molecule has 2 aliphatic heterocycles. The lowest BCUT2D eigenvalue weighted by molar-refractivity contribution is -0.129. The van der Waals surface area contributed by atoms with Crippen molar-refractivity contribution in [2.24, 2.45) is 0 Å². The van der Waals surface area contributed by atoms with Crippen LogP contribution in [0.4, 0.5) is 5.69 Å². The largest absolute Gasteiger partial charge is 0.497 e. The SMILES string of the molecule is COc1ccc(CNC(=O)CC[C@@H]2CNC(=O)[C@@H]3C[C@H](NC(=S)Nc4ccccc4)CN23)cc1. The predicted octanol–water partition coefficient (Wildman–Crippen LogP) is 2.02. The van der Waals surface area contributed by atoms with Crippen molar-refractivity contribution in [3.8, 4) is 5.75 Å². The standard InChI is InChI=1S/C25H31N5O3S/c1-33-21-10-7-17(8-11-21)14-26-23(31)12-9-20-15-27-24(32)22-13-19(16-30(20)22)29-25(34)28-18-5-3-2-4-6-18/h2-8,10-11,19-20,22H,9,12-16H2,1H3,(H,26,31)(H,27,32)(H2,28,29,34)/t19-,20+,22-/m0/s1. The Kier molecular flexibility index (Phi) is 7.97. The number of anilines is 1. The van der Waals surface area contributed by atoms with Crippen molar-refractivity contribution in [2.75, 3.05) is 25.5 Å². The molecule has 2 aromatic rings. The Balaban J connectivity index is 1.24. The topological polar surface area (TPSA) is 94.7 Å². The molecule has 4 rings (SSSR count). The predicted molar refractivity (Wildman–Crippen MR) is 136 cm³/mol. The van der Waals surface area contributed by atoms with E-state index in [2.05, 4.69) is 26.2 Å². The number of nitrogens with one attached hydrogen (secondary N) is 4. The Morgan fingerprint density at radius 2 is 1.94 bits per heavy atom. The lowest BCUT2D eigenvalue weighted by Gasteiger charge is -2.37. The van der Waals surface area contributed by atoms with Gasteiger partial charge < -0.3 is 26.0 Å². The molecule has 2 fully saturated rings. The zero-order valence-electron chi connectivity index (χ0n) is 19.3. The van der Waals surface area contributed by atoms with Crippen LogP contribution in [0.5, 0.6) is 5.75 Å². The van der Waals surface area contributed by atoms with Gasteiger partial charge in [0, 0.05) is 43.8 Å². The lowest BCUT2D eigenvalue weighted by Crippen LogP contribution is -2.58. The number of hydrogen-bond acceptors (Lipinski definition) is 5. The van der Waals surface area contributed by atoms with Crippen LogP contribution in [0.15, 0.2) is 54.6 Å². The molecule has 0 radical (unpaired) electrons. The normalized spacial score (nSPS) is 21.8. The molecule has 0 unspecified atom stereocenters. The molecular weight excluding hydrogens is 450 g/mol. The van der Waals surface area contributed by atoms with Crippen molar-refractivity contribution in [3.63, 3.8) is 0 Å². The summed E-state index contributed by atoms with van der Waals surface area (Å²) in [6, 6.07) is 17.4. The van der Waals surface area contributed by atoms with Crippen LogP contribution in [0.3, 0.4) is 0 Å². The fourth-order valence-corrected chi connectivity index (χ4v) is 4.84. The van der Waals surface area contributed by atoms with E-state index in [0.717, 1.165) is 17.0 Å². The Morgan fingerprint density at radius 1 is 1.18 bits per heavy atom. The third kappa shape index (κ3) is 6.24. The number of carbonyl (C=O) groups is 2. The Hall–Kier alpha value is -3.17. The highest BCUT2D eigenvalue weighted by atomic mass is 32.1. The first-order valence-corrected chi connectivity index (χ1v) is 12.0. The summed E-state index contributed by atoms with van der Waals surface area (Å²) in [6.07, 6.45) is 1.78. The molecule has 0 bridgehead atoms. The van der Waals surface area contributed by atoms with Gasteiger partial charge in [-0.3, -0.25) is 14.5 Å². The number of hydrogen-bond donors (Lipinski definition) is 4. The smallest absolute Gasteiger partial charge is 0.237 e. The maximum Gasteiger partial charge on any atom is 0.237 e. The number of rotatable bonds is 8. The van der Waals surface area contributed by atoms with Gasteiger partial charge in [-0.1, -0.05) is 30.3 Å². The van der Waals surface area contributed by atoms with Crippen molar-refractivity contribution in [1.82, 2.24) is 20.9 Å². The first-order valence-electron chi connectivity index (χ1n) is 11.6. The van der Waals surface area contributed by atoms with Gasteiger partial charge in [0.15, 0.2) is 5.11 Å². The summed E-state index contributed by atoms with van der Waals surface area (Å²) >= 11 is 5.46. The first kappa shape index (κ1) is 24.0. The quantitative estimate of drug-likeness (QED) is 0.429. The van der Waals surface area contributed by atoms with E-state index in [1.54, 1.807) is 7.11 Å². The molecule has 0 aliphatic carbocycles. The highest BCUT2D eigenvalue weighted by Crippen LogP contribution is 2.26. The molecular formula is C25H31N5O3S. The maximum atomic E-state index is 12.5. The van der Waals surface area contributed by atoms with Gasteiger partial charge in [0.2, 0.25) is 11.8 Å². The number of fused-ring (bicyclic) bond motifs is 1. The highest BCUT2D eigenvalue weighted by Gasteiger charge is 2.43. The van der Waals surface area contributed by atoms with Crippen LogP contribution >= 0.6 is 12.2 Å². The number of piperazine rings is 1. The number of ether oxygens (including phenoxy) is 1. The van der Waals surface area contributed by atoms with E-state index in [4.69, 9.17) is 17.0 Å². The zero-order chi connectivity index (χ0) is 23.9. The van der Waals surface area contributed by atoms with Crippen LogP contribution in [-0.2, 0) is 16.1 Å². The fourth-order valence-electron chi connectivity index (χ4n) is 4.55. The Labute approximate surface area is 205 Å². The monoisotopic (exact) mass is 481 g/mol. The average Bonchev–Trinajstić information content (AvgIpc) is 3.27. The fraction of sp³-hybridized carbons (Fsp3) is 0.400. The molecule has 0 spiro atoms. The molecule has 180 valence electrons. The third-order valence-electron chi connectivity index (χ3n) is 6.34. The van der Waals surface area contributed by atoms with Crippen LogP contribution in [-0.4, -0.2) is 60.2 Å². The minimum Gasteiger partial charge on any atom is -0.497 e. The van der Waals surface area contributed by atoms with Gasteiger partial charge in [-0.05, 0) is 54.9 Å². The van der Waals surface area contributed by atoms with E-state index in [1.807, 2.05) is 54.6 Å². The first-order chi connectivity index (χ1) is 16.5. The van der Waals surface area contributed by atoms with E-state index >= 15 is 0 Å². The summed E-state index contributed by atoms with van der Waals surface area (Å²) in [7, 11) is 1.63. The third-order valence-corrected chi connectivity index (χ3v) is 6.56. The minimum atomic E-state index is -0.196. The molecule has 4 N–H and O–H groups in total. The zero-order valence-corrected chi connectivity index (χ0v) is 20.1. The average molecular weight is 482 g/mol. The maximum absolute atomic E-state index is 12.5. The number of methoxy groups -OCH3 is 1. The van der Waals surface area contributed by atoms with Gasteiger partial charge >= 0.3 is 0 Å². The molecule has 9 heteroatoms. The van der Waals surface area contributed by atoms with Gasteiger partial charge in [-0.25, -0.2) is 0 Å². The van der Waals surface area contributed by atoms with E-state index < -0.39 is 0 Å². The molecule has 2 aliphatic rings. The van der Waals surface area contributed by atoms with Crippen LogP contribution < -0.4 is 26.0 Å². The summed E-state index contributed by atoms with van der Waals surface area (Å²) in [5, 5.41) is 13.1. The van der Waals surface area contributed by atoms with Gasteiger partial charge in [-0.2, -0.15) is 0 Å². The molecule has 34 heavy (non-hydrogen) atoms. The summed E-state index contributed by atoms with van der Waals surface area (Å²) in [6.45, 7) is 1.75. The second kappa shape index (κ2) is 11.3.